The van der Waals surface area contributed by atoms with E-state index in [9.17, 15) is 19.5 Å². The molecule has 10 heteroatoms. The van der Waals surface area contributed by atoms with Crippen LogP contribution in [0.1, 0.15) is 36.3 Å². The maximum Gasteiger partial charge on any atom is 0.326 e. The van der Waals surface area contributed by atoms with Gasteiger partial charge in [0, 0.05) is 37.0 Å². The summed E-state index contributed by atoms with van der Waals surface area (Å²) in [4.78, 5) is 45.4. The van der Waals surface area contributed by atoms with Crippen molar-refractivity contribution in [2.45, 2.75) is 38.8 Å². The van der Waals surface area contributed by atoms with Gasteiger partial charge in [-0.15, -0.1) is 0 Å². The minimum Gasteiger partial charge on any atom is -0.480 e. The summed E-state index contributed by atoms with van der Waals surface area (Å²) in [7, 11) is 0. The van der Waals surface area contributed by atoms with Gasteiger partial charge in [0.1, 0.15) is 6.04 Å². The number of hydrogen-bond acceptors (Lipinski definition) is 6. The van der Waals surface area contributed by atoms with Crippen LogP contribution in [0.25, 0.3) is 0 Å². The molecule has 1 aromatic carbocycles. The summed E-state index contributed by atoms with van der Waals surface area (Å²) in [6.45, 7) is 3.85. The molecule has 31 heavy (non-hydrogen) atoms. The summed E-state index contributed by atoms with van der Waals surface area (Å²) < 4.78 is 0. The molecule has 2 atom stereocenters. The van der Waals surface area contributed by atoms with Gasteiger partial charge in [-0.1, -0.05) is 13.8 Å². The highest BCUT2D eigenvalue weighted by Crippen LogP contribution is 2.14. The normalized spacial score (nSPS) is 12.9. The second kappa shape index (κ2) is 11.1. The van der Waals surface area contributed by atoms with Crippen molar-refractivity contribution in [1.29, 1.82) is 0 Å². The van der Waals surface area contributed by atoms with Crippen molar-refractivity contribution in [2.75, 3.05) is 18.8 Å². The van der Waals surface area contributed by atoms with Gasteiger partial charge in [-0.05, 0) is 36.6 Å². The topological polar surface area (TPSA) is 167 Å². The second-order valence-electron chi connectivity index (χ2n) is 7.76. The Morgan fingerprint density at radius 2 is 1.90 bits per heavy atom. The van der Waals surface area contributed by atoms with Crippen LogP contribution in [0.15, 0.2) is 36.8 Å². The van der Waals surface area contributed by atoms with Crippen molar-refractivity contribution in [2.24, 2.45) is 11.7 Å². The Kier molecular flexibility index (Phi) is 8.56. The number of nitrogens with one attached hydrogen (secondary N) is 2. The van der Waals surface area contributed by atoms with Crippen LogP contribution in [0.2, 0.25) is 0 Å². The lowest BCUT2D eigenvalue weighted by Crippen LogP contribution is -2.54. The number of aromatic nitrogens is 2. The third kappa shape index (κ3) is 7.10. The number of nitrogen functional groups attached to an aromatic ring is 1. The average Bonchev–Trinajstić information content (AvgIpc) is 3.22. The van der Waals surface area contributed by atoms with Crippen molar-refractivity contribution in [3.05, 3.63) is 48.0 Å². The first-order valence-corrected chi connectivity index (χ1v) is 10.1. The monoisotopic (exact) mass is 430 g/mol. The van der Waals surface area contributed by atoms with Crippen LogP contribution in [-0.4, -0.2) is 62.9 Å². The van der Waals surface area contributed by atoms with Crippen molar-refractivity contribution in [3.8, 4) is 0 Å². The quantitative estimate of drug-likeness (QED) is 0.326. The number of hydrogen-bond donors (Lipinski definition) is 5. The third-order valence-electron chi connectivity index (χ3n) is 4.75. The van der Waals surface area contributed by atoms with E-state index in [0.29, 0.717) is 16.9 Å². The molecule has 1 heterocycles. The molecule has 168 valence electrons. The Bertz CT molecular complexity index is 867. The molecule has 0 aliphatic carbocycles. The van der Waals surface area contributed by atoms with E-state index < -0.39 is 24.0 Å². The summed E-state index contributed by atoms with van der Waals surface area (Å²) in [5, 5.41) is 12.5. The van der Waals surface area contributed by atoms with E-state index in [1.54, 1.807) is 30.5 Å². The molecule has 0 fully saturated rings. The van der Waals surface area contributed by atoms with Crippen LogP contribution in [-0.2, 0) is 16.0 Å². The van der Waals surface area contributed by atoms with E-state index in [1.807, 2.05) is 13.8 Å². The SMILES string of the molecule is CC(C)C[C@@H](C(=O)O)N(CCNC(=O)c1ccc(N)cc1)C(=O)[C@@H](N)Cc1c[nH]cn1. The molecule has 0 aliphatic rings. The van der Waals surface area contributed by atoms with Crippen LogP contribution < -0.4 is 16.8 Å². The zero-order chi connectivity index (χ0) is 23.0. The largest absolute Gasteiger partial charge is 0.480 e. The first-order chi connectivity index (χ1) is 14.7. The highest BCUT2D eigenvalue weighted by Gasteiger charge is 2.33. The van der Waals surface area contributed by atoms with Gasteiger partial charge in [0.25, 0.3) is 5.91 Å². The summed E-state index contributed by atoms with van der Waals surface area (Å²) in [6.07, 6.45) is 3.55. The summed E-state index contributed by atoms with van der Waals surface area (Å²) in [5.41, 5.74) is 13.3. The van der Waals surface area contributed by atoms with Crippen LogP contribution in [0.4, 0.5) is 5.69 Å². The summed E-state index contributed by atoms with van der Waals surface area (Å²) >= 11 is 0. The zero-order valence-corrected chi connectivity index (χ0v) is 17.7. The fourth-order valence-corrected chi connectivity index (χ4v) is 3.18. The minimum absolute atomic E-state index is 0.0114. The Hall–Kier alpha value is -3.40. The Labute approximate surface area is 181 Å². The van der Waals surface area contributed by atoms with Crippen LogP contribution in [0.5, 0.6) is 0 Å². The fraction of sp³-hybridized carbons (Fsp3) is 0.429. The predicted molar refractivity (Wildman–Crippen MR) is 116 cm³/mol. The standard InChI is InChI=1S/C21H30N6O4/c1-13(2)9-18(21(30)31)27(20(29)17(23)10-16-11-24-12-26-16)8-7-25-19(28)14-3-5-15(22)6-4-14/h3-6,11-13,17-18H,7-10,22-23H2,1-2H3,(H,24,26)(H,25,28)(H,30,31)/t17-,18-/m0/s1. The Balaban J connectivity index is 2.10. The molecule has 1 aromatic heterocycles. The molecule has 0 saturated heterocycles. The molecule has 10 nitrogen and oxygen atoms in total. The molecule has 0 bridgehead atoms. The highest BCUT2D eigenvalue weighted by molar-refractivity contribution is 5.94. The molecule has 2 aromatic rings. The van der Waals surface area contributed by atoms with Gasteiger partial charge in [0.2, 0.25) is 5.91 Å². The van der Waals surface area contributed by atoms with Crippen LogP contribution in [0, 0.1) is 5.92 Å². The van der Waals surface area contributed by atoms with Crippen LogP contribution >= 0.6 is 0 Å². The number of rotatable bonds is 11. The molecular weight excluding hydrogens is 400 g/mol. The average molecular weight is 431 g/mol. The molecule has 0 radical (unpaired) electrons. The predicted octanol–water partition coefficient (Wildman–Crippen LogP) is 0.620. The van der Waals surface area contributed by atoms with Gasteiger partial charge >= 0.3 is 5.97 Å². The van der Waals surface area contributed by atoms with E-state index in [4.69, 9.17) is 11.5 Å². The lowest BCUT2D eigenvalue weighted by molar-refractivity contribution is -0.151. The van der Waals surface area contributed by atoms with E-state index in [1.165, 1.54) is 11.2 Å². The number of amides is 2. The van der Waals surface area contributed by atoms with Crippen LogP contribution in [0.3, 0.4) is 0 Å². The summed E-state index contributed by atoms with van der Waals surface area (Å²) in [5.74, 6) is -1.91. The molecule has 0 saturated carbocycles. The number of imidazole rings is 1. The molecule has 2 amide bonds. The number of nitrogens with zero attached hydrogens (tertiary/aromatic N) is 2. The molecule has 0 unspecified atom stereocenters. The van der Waals surface area contributed by atoms with Crippen molar-refractivity contribution in [1.82, 2.24) is 20.2 Å². The number of anilines is 1. The molecule has 7 N–H and O–H groups in total. The number of carbonyl (C=O) groups excluding carboxylic acids is 2. The molecular formula is C21H30N6O4. The number of carboxylic acid groups (broad SMARTS) is 1. The van der Waals surface area contributed by atoms with E-state index in [2.05, 4.69) is 15.3 Å². The number of nitrogens with two attached hydrogens (primary N) is 2. The van der Waals surface area contributed by atoms with Gasteiger partial charge in [0.05, 0.1) is 18.1 Å². The molecule has 0 aliphatic heterocycles. The molecule has 2 rings (SSSR count). The number of carboxylic acids is 1. The van der Waals surface area contributed by atoms with Crippen molar-refractivity contribution < 1.29 is 19.5 Å². The Morgan fingerprint density at radius 3 is 2.45 bits per heavy atom. The maximum atomic E-state index is 13.1. The van der Waals surface area contributed by atoms with Gasteiger partial charge in [0.15, 0.2) is 0 Å². The first-order valence-electron chi connectivity index (χ1n) is 10.1. The van der Waals surface area contributed by atoms with Gasteiger partial charge in [-0.2, -0.15) is 0 Å². The third-order valence-corrected chi connectivity index (χ3v) is 4.75. The lowest BCUT2D eigenvalue weighted by atomic mass is 10.0. The van der Waals surface area contributed by atoms with Gasteiger partial charge in [-0.25, -0.2) is 9.78 Å². The number of aromatic amines is 1. The number of carbonyl (C=O) groups is 3. The smallest absolute Gasteiger partial charge is 0.326 e. The fourth-order valence-electron chi connectivity index (χ4n) is 3.18. The minimum atomic E-state index is -1.11. The summed E-state index contributed by atoms with van der Waals surface area (Å²) in [6, 6.07) is 4.40. The van der Waals surface area contributed by atoms with Crippen molar-refractivity contribution in [3.63, 3.8) is 0 Å². The Morgan fingerprint density at radius 1 is 1.23 bits per heavy atom. The molecule has 0 spiro atoms. The van der Waals surface area contributed by atoms with E-state index in [-0.39, 0.29) is 37.8 Å². The first kappa shape index (κ1) is 23.9. The number of H-pyrrole nitrogens is 1. The zero-order valence-electron chi connectivity index (χ0n) is 17.7. The van der Waals surface area contributed by atoms with Gasteiger partial charge < -0.3 is 31.8 Å². The van der Waals surface area contributed by atoms with Crippen molar-refractivity contribution >= 4 is 23.5 Å². The highest BCUT2D eigenvalue weighted by atomic mass is 16.4. The number of benzene rings is 1. The maximum absolute atomic E-state index is 13.1. The van der Waals surface area contributed by atoms with Gasteiger partial charge in [-0.3, -0.25) is 9.59 Å². The number of aliphatic carboxylic acids is 1. The van der Waals surface area contributed by atoms with E-state index >= 15 is 0 Å². The lowest BCUT2D eigenvalue weighted by Gasteiger charge is -2.32. The second-order valence-corrected chi connectivity index (χ2v) is 7.76. The van der Waals surface area contributed by atoms with E-state index in [0.717, 1.165) is 0 Å².